The van der Waals surface area contributed by atoms with Gasteiger partial charge in [-0.15, -0.1) is 0 Å². The van der Waals surface area contributed by atoms with Gasteiger partial charge in [-0.2, -0.15) is 18.3 Å². The highest BCUT2D eigenvalue weighted by molar-refractivity contribution is 7.90. The standard InChI is InChI=1S/C28H30F3N9O4S/c1-39-15-18(10-36-39)23-13-34-24(14-33-23)40(25(41)16-44-2)20-6-4-19(5-7-20)37-27-35-12-22(28(29,30)31)26(38-27)17-8-21(11-32-9-17)45(3,42)43/h8-15,19-20H,4-7,16H2,1-3H3,(H,35,37,38). The maximum atomic E-state index is 13.9. The number of nitrogens with zero attached hydrogens (tertiary/aromatic N) is 8. The van der Waals surface area contributed by atoms with Gasteiger partial charge in [-0.1, -0.05) is 0 Å². The molecule has 1 fully saturated rings. The molecule has 0 radical (unpaired) electrons. The molecule has 4 aromatic rings. The van der Waals surface area contributed by atoms with Crippen LogP contribution in [-0.4, -0.2) is 81.1 Å². The molecular formula is C28H30F3N9O4S. The van der Waals surface area contributed by atoms with E-state index in [-0.39, 0.29) is 41.0 Å². The van der Waals surface area contributed by atoms with Gasteiger partial charge in [0.15, 0.2) is 15.7 Å². The van der Waals surface area contributed by atoms with E-state index < -0.39 is 27.3 Å². The van der Waals surface area contributed by atoms with E-state index in [0.717, 1.165) is 30.3 Å². The fraction of sp³-hybridized carbons (Fsp3) is 0.393. The normalized spacial score (nSPS) is 17.2. The SMILES string of the molecule is COCC(=O)N(c1cnc(-c2cnn(C)c2)cn1)C1CCC(Nc2ncc(C(F)(F)F)c(-c3cncc(S(C)(=O)=O)c3)n2)CC1. The molecule has 0 saturated heterocycles. The first-order chi connectivity index (χ1) is 21.3. The minimum Gasteiger partial charge on any atom is -0.375 e. The van der Waals surface area contributed by atoms with Crippen molar-refractivity contribution in [1.29, 1.82) is 0 Å². The van der Waals surface area contributed by atoms with Crippen molar-refractivity contribution in [3.05, 3.63) is 55.0 Å². The number of halogens is 3. The van der Waals surface area contributed by atoms with Crippen LogP contribution in [0.3, 0.4) is 0 Å². The Morgan fingerprint density at radius 2 is 1.80 bits per heavy atom. The van der Waals surface area contributed by atoms with E-state index in [1.165, 1.54) is 13.3 Å². The Kier molecular flexibility index (Phi) is 9.11. The number of alkyl halides is 3. The van der Waals surface area contributed by atoms with Crippen LogP contribution in [0.1, 0.15) is 31.2 Å². The van der Waals surface area contributed by atoms with Gasteiger partial charge in [-0.05, 0) is 31.7 Å². The molecule has 1 aliphatic carbocycles. The van der Waals surface area contributed by atoms with Gasteiger partial charge in [0.1, 0.15) is 12.2 Å². The lowest BCUT2D eigenvalue weighted by molar-refractivity contribution is -0.137. The van der Waals surface area contributed by atoms with Gasteiger partial charge in [0.25, 0.3) is 5.91 Å². The van der Waals surface area contributed by atoms with Crippen LogP contribution in [0.4, 0.5) is 24.9 Å². The number of amides is 1. The van der Waals surface area contributed by atoms with Crippen LogP contribution in [-0.2, 0) is 32.6 Å². The highest BCUT2D eigenvalue weighted by Crippen LogP contribution is 2.37. The predicted octanol–water partition coefficient (Wildman–Crippen LogP) is 3.55. The van der Waals surface area contributed by atoms with Gasteiger partial charge >= 0.3 is 6.18 Å². The fourth-order valence-electron chi connectivity index (χ4n) is 5.15. The van der Waals surface area contributed by atoms with E-state index in [9.17, 15) is 26.4 Å². The Bertz CT molecular complexity index is 1770. The Morgan fingerprint density at radius 1 is 1.04 bits per heavy atom. The highest BCUT2D eigenvalue weighted by atomic mass is 32.2. The second-order valence-corrected chi connectivity index (χ2v) is 12.7. The second kappa shape index (κ2) is 12.8. The summed E-state index contributed by atoms with van der Waals surface area (Å²) < 4.78 is 72.3. The maximum Gasteiger partial charge on any atom is 0.419 e. The third-order valence-corrected chi connectivity index (χ3v) is 8.41. The molecule has 1 N–H and O–H groups in total. The van der Waals surface area contributed by atoms with Crippen molar-refractivity contribution in [1.82, 2.24) is 34.7 Å². The monoisotopic (exact) mass is 645 g/mol. The van der Waals surface area contributed by atoms with Gasteiger partial charge in [-0.3, -0.25) is 24.3 Å². The molecule has 1 amide bonds. The summed E-state index contributed by atoms with van der Waals surface area (Å²) in [7, 11) is -0.498. The van der Waals surface area contributed by atoms with Crippen LogP contribution < -0.4 is 10.2 Å². The fourth-order valence-corrected chi connectivity index (χ4v) is 5.74. The van der Waals surface area contributed by atoms with Crippen molar-refractivity contribution >= 4 is 27.5 Å². The minimum atomic E-state index is -4.79. The molecule has 4 aromatic heterocycles. The van der Waals surface area contributed by atoms with Gasteiger partial charge < -0.3 is 10.1 Å². The molecule has 1 saturated carbocycles. The number of rotatable bonds is 9. The number of anilines is 2. The number of pyridine rings is 1. The molecule has 5 rings (SSSR count). The average Bonchev–Trinajstić information content (AvgIpc) is 3.44. The van der Waals surface area contributed by atoms with E-state index in [1.54, 1.807) is 35.2 Å². The van der Waals surface area contributed by atoms with Crippen molar-refractivity contribution in [2.24, 2.45) is 7.05 Å². The van der Waals surface area contributed by atoms with E-state index >= 15 is 0 Å². The number of aromatic nitrogens is 7. The zero-order valence-corrected chi connectivity index (χ0v) is 25.4. The van der Waals surface area contributed by atoms with E-state index in [0.29, 0.717) is 43.4 Å². The second-order valence-electron chi connectivity index (χ2n) is 10.6. The van der Waals surface area contributed by atoms with Crippen LogP contribution in [0.15, 0.2) is 54.3 Å². The number of ether oxygens (including phenoxy) is 1. The van der Waals surface area contributed by atoms with Crippen molar-refractivity contribution < 1.29 is 31.1 Å². The first-order valence-electron chi connectivity index (χ1n) is 13.8. The number of nitrogens with one attached hydrogen (secondary N) is 1. The number of hydrogen-bond donors (Lipinski definition) is 1. The van der Waals surface area contributed by atoms with Gasteiger partial charge in [-0.25, -0.2) is 23.4 Å². The summed E-state index contributed by atoms with van der Waals surface area (Å²) >= 11 is 0. The minimum absolute atomic E-state index is 0.0459. The molecule has 238 valence electrons. The number of hydrogen-bond acceptors (Lipinski definition) is 11. The quantitative estimate of drug-likeness (QED) is 0.284. The molecule has 13 nitrogen and oxygen atoms in total. The lowest BCUT2D eigenvalue weighted by atomic mass is 9.90. The molecule has 0 aromatic carbocycles. The largest absolute Gasteiger partial charge is 0.419 e. The molecular weight excluding hydrogens is 615 g/mol. The van der Waals surface area contributed by atoms with Gasteiger partial charge in [0.05, 0.1) is 34.9 Å². The molecule has 0 spiro atoms. The third kappa shape index (κ3) is 7.42. The lowest BCUT2D eigenvalue weighted by Gasteiger charge is -2.36. The summed E-state index contributed by atoms with van der Waals surface area (Å²) in [5.74, 6) is 0.0510. The maximum absolute atomic E-state index is 13.9. The Balaban J connectivity index is 1.33. The smallest absolute Gasteiger partial charge is 0.375 e. The lowest BCUT2D eigenvalue weighted by Crippen LogP contribution is -2.46. The van der Waals surface area contributed by atoms with Crippen LogP contribution in [0.2, 0.25) is 0 Å². The predicted molar refractivity (Wildman–Crippen MR) is 157 cm³/mol. The zero-order chi connectivity index (χ0) is 32.4. The molecule has 17 heteroatoms. The summed E-state index contributed by atoms with van der Waals surface area (Å²) in [5, 5.41) is 7.24. The number of carbonyl (C=O) groups is 1. The zero-order valence-electron chi connectivity index (χ0n) is 24.6. The molecule has 0 bridgehead atoms. The summed E-state index contributed by atoms with van der Waals surface area (Å²) in [6, 6.07) is 0.676. The average molecular weight is 646 g/mol. The van der Waals surface area contributed by atoms with Crippen LogP contribution in [0.25, 0.3) is 22.5 Å². The Morgan fingerprint density at radius 3 is 2.40 bits per heavy atom. The van der Waals surface area contributed by atoms with Gasteiger partial charge in [0.2, 0.25) is 5.95 Å². The first kappa shape index (κ1) is 31.9. The summed E-state index contributed by atoms with van der Waals surface area (Å²) in [4.78, 5) is 35.3. The van der Waals surface area contributed by atoms with Crippen LogP contribution >= 0.6 is 0 Å². The number of carbonyl (C=O) groups excluding carboxylic acids is 1. The highest BCUT2D eigenvalue weighted by Gasteiger charge is 2.36. The number of methoxy groups -OCH3 is 1. The Hall–Kier alpha value is -4.51. The van der Waals surface area contributed by atoms with Gasteiger partial charge in [0, 0.05) is 68.4 Å². The number of sulfone groups is 1. The summed E-state index contributed by atoms with van der Waals surface area (Å²) in [5.41, 5.74) is -0.328. The topological polar surface area (TPSA) is 158 Å². The molecule has 4 heterocycles. The molecule has 1 aliphatic rings. The molecule has 0 unspecified atom stereocenters. The van der Waals surface area contributed by atoms with E-state index in [4.69, 9.17) is 4.74 Å². The van der Waals surface area contributed by atoms with Crippen molar-refractivity contribution in [2.45, 2.75) is 48.8 Å². The summed E-state index contributed by atoms with van der Waals surface area (Å²) in [6.07, 6.45) is 7.78. The van der Waals surface area contributed by atoms with Crippen molar-refractivity contribution in [3.8, 4) is 22.5 Å². The van der Waals surface area contributed by atoms with E-state index in [2.05, 4.69) is 35.3 Å². The van der Waals surface area contributed by atoms with Crippen molar-refractivity contribution in [3.63, 3.8) is 0 Å². The molecule has 0 aliphatic heterocycles. The molecule has 0 atom stereocenters. The van der Waals surface area contributed by atoms with Crippen LogP contribution in [0.5, 0.6) is 0 Å². The first-order valence-corrected chi connectivity index (χ1v) is 15.7. The van der Waals surface area contributed by atoms with Crippen molar-refractivity contribution in [2.75, 3.05) is 30.2 Å². The van der Waals surface area contributed by atoms with Crippen LogP contribution in [0, 0.1) is 0 Å². The van der Waals surface area contributed by atoms with E-state index in [1.807, 2.05) is 0 Å². The summed E-state index contributed by atoms with van der Waals surface area (Å²) in [6.45, 7) is -0.151. The third-order valence-electron chi connectivity index (χ3n) is 7.33. The Labute approximate surface area is 256 Å². The molecule has 45 heavy (non-hydrogen) atoms. The number of aryl methyl sites for hydroxylation is 1.